The Labute approximate surface area is 172 Å². The molecule has 0 heterocycles. The van der Waals surface area contributed by atoms with Gasteiger partial charge in [-0.05, 0) is 57.2 Å². The summed E-state index contributed by atoms with van der Waals surface area (Å²) in [6.45, 7) is 7.01. The number of nitrogens with one attached hydrogen (secondary N) is 1. The molecule has 0 saturated carbocycles. The third kappa shape index (κ3) is 5.65. The Kier molecular flexibility index (Phi) is 7.53. The topological polar surface area (TPSA) is 86.8 Å². The fraction of sp³-hybridized carbons (Fsp3) is 0.333. The minimum atomic E-state index is -3.84. The van der Waals surface area contributed by atoms with Crippen LogP contribution in [0.15, 0.2) is 53.4 Å². The molecule has 29 heavy (non-hydrogen) atoms. The third-order valence-corrected chi connectivity index (χ3v) is 6.43. The van der Waals surface area contributed by atoms with Crippen LogP contribution in [0.3, 0.4) is 0 Å². The second-order valence-corrected chi connectivity index (χ2v) is 8.65. The largest absolute Gasteiger partial charge is 0.372 e. The van der Waals surface area contributed by atoms with Crippen LogP contribution < -0.4 is 10.2 Å². The third-order valence-electron chi connectivity index (χ3n) is 4.61. The molecular formula is C21H27N3O4S. The molecule has 0 radical (unpaired) electrons. The van der Waals surface area contributed by atoms with Crippen LogP contribution in [0.4, 0.5) is 11.4 Å². The zero-order valence-electron chi connectivity index (χ0n) is 17.2. The summed E-state index contributed by atoms with van der Waals surface area (Å²) in [5, 5.41) is 2.71. The van der Waals surface area contributed by atoms with E-state index in [2.05, 4.69) is 24.1 Å². The smallest absolute Gasteiger partial charge is 0.243 e. The number of amides is 1. The monoisotopic (exact) mass is 417 g/mol. The first-order valence-electron chi connectivity index (χ1n) is 9.41. The first kappa shape index (κ1) is 22.6. The first-order valence-corrected chi connectivity index (χ1v) is 10.8. The highest BCUT2D eigenvalue weighted by atomic mass is 32.2. The lowest BCUT2D eigenvalue weighted by atomic mass is 10.2. The van der Waals surface area contributed by atoms with Crippen LogP contribution >= 0.6 is 0 Å². The van der Waals surface area contributed by atoms with Gasteiger partial charge in [-0.2, -0.15) is 4.31 Å². The molecular weight excluding hydrogens is 390 g/mol. The van der Waals surface area contributed by atoms with Crippen molar-refractivity contribution < 1.29 is 18.0 Å². The van der Waals surface area contributed by atoms with Crippen molar-refractivity contribution in [3.05, 3.63) is 54.1 Å². The predicted octanol–water partition coefficient (Wildman–Crippen LogP) is 2.99. The fourth-order valence-electron chi connectivity index (χ4n) is 2.87. The van der Waals surface area contributed by atoms with Gasteiger partial charge in [0.15, 0.2) is 5.78 Å². The van der Waals surface area contributed by atoms with E-state index in [4.69, 9.17) is 0 Å². The van der Waals surface area contributed by atoms with E-state index in [1.165, 1.54) is 38.2 Å². The Morgan fingerprint density at radius 2 is 1.48 bits per heavy atom. The van der Waals surface area contributed by atoms with E-state index < -0.39 is 15.9 Å². The average Bonchev–Trinajstić information content (AvgIpc) is 2.70. The van der Waals surface area contributed by atoms with Gasteiger partial charge in [-0.25, -0.2) is 8.42 Å². The molecule has 0 unspecified atom stereocenters. The van der Waals surface area contributed by atoms with Crippen molar-refractivity contribution in [3.8, 4) is 0 Å². The molecule has 2 rings (SSSR count). The molecule has 0 aliphatic carbocycles. The van der Waals surface area contributed by atoms with E-state index in [9.17, 15) is 18.0 Å². The van der Waals surface area contributed by atoms with Gasteiger partial charge in [-0.1, -0.05) is 12.1 Å². The average molecular weight is 418 g/mol. The van der Waals surface area contributed by atoms with E-state index in [0.717, 1.165) is 23.1 Å². The highest BCUT2D eigenvalue weighted by molar-refractivity contribution is 7.89. The van der Waals surface area contributed by atoms with Crippen LogP contribution in [0.2, 0.25) is 0 Å². The minimum Gasteiger partial charge on any atom is -0.372 e. The van der Waals surface area contributed by atoms with Crippen molar-refractivity contribution >= 4 is 33.1 Å². The summed E-state index contributed by atoms with van der Waals surface area (Å²) in [7, 11) is -2.49. The quantitative estimate of drug-likeness (QED) is 0.634. The number of likely N-dealkylation sites (N-methyl/N-ethyl adjacent to an activating group) is 1. The number of nitrogens with zero attached hydrogens (tertiary/aromatic N) is 2. The maximum atomic E-state index is 12.6. The van der Waals surface area contributed by atoms with Crippen molar-refractivity contribution in [2.75, 3.05) is 36.9 Å². The first-order chi connectivity index (χ1) is 13.7. The fourth-order valence-corrected chi connectivity index (χ4v) is 4.00. The molecule has 0 aliphatic heterocycles. The van der Waals surface area contributed by atoms with Crippen LogP contribution in [0.5, 0.6) is 0 Å². The van der Waals surface area contributed by atoms with Gasteiger partial charge >= 0.3 is 0 Å². The second-order valence-electron chi connectivity index (χ2n) is 6.61. The number of sulfonamides is 1. The van der Waals surface area contributed by atoms with E-state index in [1.807, 2.05) is 12.1 Å². The van der Waals surface area contributed by atoms with Crippen LogP contribution in [0.25, 0.3) is 0 Å². The van der Waals surface area contributed by atoms with Crippen molar-refractivity contribution in [1.29, 1.82) is 0 Å². The lowest BCUT2D eigenvalue weighted by molar-refractivity contribution is -0.116. The number of carbonyl (C=O) groups excluding carboxylic acids is 2. The number of hydrogen-bond acceptors (Lipinski definition) is 5. The Hall–Kier alpha value is -2.71. The molecule has 0 fully saturated rings. The molecule has 0 spiro atoms. The zero-order chi connectivity index (χ0) is 21.6. The van der Waals surface area contributed by atoms with Gasteiger partial charge in [-0.3, -0.25) is 9.59 Å². The standard InChI is InChI=1S/C21H27N3O4S/c1-5-24(6-2)19-11-9-18(10-12-19)22-21(26)15-23(4)29(27,28)20-13-7-17(8-14-20)16(3)25/h7-14H,5-6,15H2,1-4H3,(H,22,26). The van der Waals surface area contributed by atoms with E-state index in [-0.39, 0.29) is 17.2 Å². The number of benzene rings is 2. The summed E-state index contributed by atoms with van der Waals surface area (Å²) in [5.41, 5.74) is 2.08. The molecule has 0 atom stereocenters. The molecule has 1 amide bonds. The molecule has 8 heteroatoms. The highest BCUT2D eigenvalue weighted by Gasteiger charge is 2.23. The van der Waals surface area contributed by atoms with Crippen LogP contribution in [-0.4, -0.2) is 51.1 Å². The predicted molar refractivity (Wildman–Crippen MR) is 115 cm³/mol. The van der Waals surface area contributed by atoms with Gasteiger partial charge in [0.1, 0.15) is 0 Å². The Morgan fingerprint density at radius 3 is 1.97 bits per heavy atom. The summed E-state index contributed by atoms with van der Waals surface area (Å²) in [4.78, 5) is 25.9. The summed E-state index contributed by atoms with van der Waals surface area (Å²) in [6.07, 6.45) is 0. The number of ketones is 1. The SMILES string of the molecule is CCN(CC)c1ccc(NC(=O)CN(C)S(=O)(=O)c2ccc(C(C)=O)cc2)cc1. The van der Waals surface area contributed by atoms with Crippen molar-refractivity contribution in [2.24, 2.45) is 0 Å². The van der Waals surface area contributed by atoms with Crippen LogP contribution in [-0.2, 0) is 14.8 Å². The molecule has 0 aliphatic rings. The van der Waals surface area contributed by atoms with Gasteiger partial charge < -0.3 is 10.2 Å². The number of Topliss-reactive ketones (excluding diaryl/α,β-unsaturated/α-hetero) is 1. The Morgan fingerprint density at radius 1 is 0.931 bits per heavy atom. The van der Waals surface area contributed by atoms with E-state index in [1.54, 1.807) is 12.1 Å². The van der Waals surface area contributed by atoms with E-state index >= 15 is 0 Å². The number of carbonyl (C=O) groups is 2. The van der Waals surface area contributed by atoms with Crippen LogP contribution in [0.1, 0.15) is 31.1 Å². The summed E-state index contributed by atoms with van der Waals surface area (Å²) >= 11 is 0. The lowest BCUT2D eigenvalue weighted by Crippen LogP contribution is -2.35. The number of anilines is 2. The van der Waals surface area contributed by atoms with Gasteiger partial charge in [0.25, 0.3) is 0 Å². The molecule has 0 aromatic heterocycles. The van der Waals surface area contributed by atoms with Crippen LogP contribution in [0, 0.1) is 0 Å². The number of hydrogen-bond donors (Lipinski definition) is 1. The van der Waals surface area contributed by atoms with Gasteiger partial charge in [-0.15, -0.1) is 0 Å². The molecule has 0 bridgehead atoms. The zero-order valence-corrected chi connectivity index (χ0v) is 18.0. The highest BCUT2D eigenvalue weighted by Crippen LogP contribution is 2.19. The number of rotatable bonds is 9. The van der Waals surface area contributed by atoms with Gasteiger partial charge in [0.05, 0.1) is 11.4 Å². The molecule has 2 aromatic carbocycles. The maximum Gasteiger partial charge on any atom is 0.243 e. The molecule has 0 saturated heterocycles. The molecule has 1 N–H and O–H groups in total. The van der Waals surface area contributed by atoms with Crippen molar-refractivity contribution in [1.82, 2.24) is 4.31 Å². The van der Waals surface area contributed by atoms with Gasteiger partial charge in [0.2, 0.25) is 15.9 Å². The summed E-state index contributed by atoms with van der Waals surface area (Å²) in [6, 6.07) is 13.1. The lowest BCUT2D eigenvalue weighted by Gasteiger charge is -2.21. The summed E-state index contributed by atoms with van der Waals surface area (Å²) in [5.74, 6) is -0.583. The Bertz CT molecular complexity index is 950. The maximum absolute atomic E-state index is 12.6. The normalized spacial score (nSPS) is 11.3. The van der Waals surface area contributed by atoms with Crippen molar-refractivity contribution in [3.63, 3.8) is 0 Å². The minimum absolute atomic E-state index is 0.0291. The second kappa shape index (κ2) is 9.67. The van der Waals surface area contributed by atoms with E-state index in [0.29, 0.717) is 11.3 Å². The molecule has 2 aromatic rings. The Balaban J connectivity index is 2.03. The molecule has 156 valence electrons. The summed E-state index contributed by atoms with van der Waals surface area (Å²) < 4.78 is 26.3. The van der Waals surface area contributed by atoms with Crippen molar-refractivity contribution in [2.45, 2.75) is 25.7 Å². The van der Waals surface area contributed by atoms with Gasteiger partial charge in [0, 0.05) is 37.1 Å². The molecule has 7 nitrogen and oxygen atoms in total.